The van der Waals surface area contributed by atoms with Crippen molar-refractivity contribution >= 4 is 33.4 Å². The van der Waals surface area contributed by atoms with E-state index in [4.69, 9.17) is 4.74 Å². The Morgan fingerprint density at radius 1 is 0.935 bits per heavy atom. The monoisotopic (exact) mass is 455 g/mol. The van der Waals surface area contributed by atoms with Crippen molar-refractivity contribution in [1.82, 2.24) is 0 Å². The number of benzene rings is 3. The summed E-state index contributed by atoms with van der Waals surface area (Å²) in [7, 11) is -2.57. The zero-order valence-electron chi connectivity index (χ0n) is 17.9. The van der Waals surface area contributed by atoms with E-state index in [2.05, 4.69) is 36.8 Å². The average molecular weight is 456 g/mol. The van der Waals surface area contributed by atoms with Crippen LogP contribution in [0.25, 0.3) is 0 Å². The molecule has 0 radical (unpaired) electrons. The number of carbonyl (C=O) groups is 1. The van der Waals surface area contributed by atoms with Gasteiger partial charge in [-0.1, -0.05) is 35.4 Å². The summed E-state index contributed by atoms with van der Waals surface area (Å²) in [5.41, 5.74) is 5.07. The number of ether oxygens (including phenoxy) is 1. The molecule has 162 valence electrons. The zero-order valence-corrected chi connectivity index (χ0v) is 19.6. The van der Waals surface area contributed by atoms with Gasteiger partial charge in [-0.25, -0.2) is 13.2 Å². The molecule has 0 saturated carbocycles. The summed E-state index contributed by atoms with van der Waals surface area (Å²) in [6.07, 6.45) is 0. The van der Waals surface area contributed by atoms with Crippen molar-refractivity contribution in [2.45, 2.75) is 36.3 Å². The normalized spacial score (nSPS) is 11.2. The molecule has 0 atom stereocenters. The Hall–Kier alpha value is -2.77. The molecule has 3 aromatic rings. The number of carbonyl (C=O) groups excluding carboxylic acids is 1. The lowest BCUT2D eigenvalue weighted by molar-refractivity contribution is 0.0599. The van der Waals surface area contributed by atoms with Gasteiger partial charge in [-0.2, -0.15) is 0 Å². The molecule has 0 saturated heterocycles. The summed E-state index contributed by atoms with van der Waals surface area (Å²) in [6.45, 7) is 5.90. The Balaban J connectivity index is 1.71. The fraction of sp³-hybridized carbons (Fsp3) is 0.208. The third kappa shape index (κ3) is 5.89. The molecule has 0 aliphatic carbocycles. The Kier molecular flexibility index (Phi) is 7.08. The molecular weight excluding hydrogens is 430 g/mol. The summed E-state index contributed by atoms with van der Waals surface area (Å²) in [5.74, 6) is 0.271. The standard InChI is InChI=1S/C24H25NO4S2/c1-16-11-17(2)13-19(12-16)15-30-21-8-6-20(7-9-21)25-31(27,28)22-10-5-18(3)23(14-22)24(26)29-4/h5-14,25H,15H2,1-4H3. The smallest absolute Gasteiger partial charge is 0.338 e. The van der Waals surface area contributed by atoms with Gasteiger partial charge in [-0.15, -0.1) is 11.8 Å². The van der Waals surface area contributed by atoms with E-state index in [1.54, 1.807) is 36.9 Å². The maximum Gasteiger partial charge on any atom is 0.338 e. The summed E-state index contributed by atoms with van der Waals surface area (Å²) >= 11 is 1.69. The zero-order chi connectivity index (χ0) is 22.6. The molecule has 3 rings (SSSR count). The maximum absolute atomic E-state index is 12.8. The number of esters is 1. The highest BCUT2D eigenvalue weighted by atomic mass is 32.2. The highest BCUT2D eigenvalue weighted by Crippen LogP contribution is 2.26. The van der Waals surface area contributed by atoms with Gasteiger partial charge in [0.05, 0.1) is 17.6 Å². The predicted octanol–water partition coefficient (Wildman–Crippen LogP) is 5.49. The van der Waals surface area contributed by atoms with Crippen LogP contribution in [0.3, 0.4) is 0 Å². The van der Waals surface area contributed by atoms with Crippen LogP contribution in [0.2, 0.25) is 0 Å². The van der Waals surface area contributed by atoms with E-state index in [1.807, 2.05) is 12.1 Å². The largest absolute Gasteiger partial charge is 0.465 e. The van der Waals surface area contributed by atoms with Crippen molar-refractivity contribution in [3.63, 3.8) is 0 Å². The lowest BCUT2D eigenvalue weighted by Gasteiger charge is -2.11. The summed E-state index contributed by atoms with van der Waals surface area (Å²) < 4.78 is 32.8. The fourth-order valence-corrected chi connectivity index (χ4v) is 5.16. The molecule has 1 N–H and O–H groups in total. The van der Waals surface area contributed by atoms with Crippen LogP contribution in [0.5, 0.6) is 0 Å². The molecular formula is C24H25NO4S2. The van der Waals surface area contributed by atoms with Crippen LogP contribution >= 0.6 is 11.8 Å². The van der Waals surface area contributed by atoms with Crippen LogP contribution in [0, 0.1) is 20.8 Å². The summed E-state index contributed by atoms with van der Waals surface area (Å²) in [5, 5.41) is 0. The van der Waals surface area contributed by atoms with Crippen LogP contribution in [-0.2, 0) is 20.5 Å². The van der Waals surface area contributed by atoms with E-state index in [9.17, 15) is 13.2 Å². The molecule has 0 unspecified atom stereocenters. The van der Waals surface area contributed by atoms with Gasteiger partial charge < -0.3 is 4.74 Å². The number of anilines is 1. The minimum Gasteiger partial charge on any atom is -0.465 e. The van der Waals surface area contributed by atoms with Crippen molar-refractivity contribution in [1.29, 1.82) is 0 Å². The summed E-state index contributed by atoms with van der Waals surface area (Å²) in [6, 6.07) is 18.1. The quantitative estimate of drug-likeness (QED) is 0.377. The van der Waals surface area contributed by atoms with Gasteiger partial charge in [0.1, 0.15) is 0 Å². The third-order valence-electron chi connectivity index (χ3n) is 4.72. The number of thioether (sulfide) groups is 1. The van der Waals surface area contributed by atoms with Gasteiger partial charge in [0.25, 0.3) is 10.0 Å². The topological polar surface area (TPSA) is 72.5 Å². The fourth-order valence-electron chi connectivity index (χ4n) is 3.25. The maximum atomic E-state index is 12.8. The second kappa shape index (κ2) is 9.58. The van der Waals surface area contributed by atoms with Gasteiger partial charge in [-0.3, -0.25) is 4.72 Å². The second-order valence-corrected chi connectivity index (χ2v) is 10.1. The first-order valence-electron chi connectivity index (χ1n) is 9.70. The van der Waals surface area contributed by atoms with Crippen LogP contribution in [-0.4, -0.2) is 21.5 Å². The van der Waals surface area contributed by atoms with Crippen LogP contribution in [0.15, 0.2) is 70.5 Å². The van der Waals surface area contributed by atoms with Crippen LogP contribution in [0.1, 0.15) is 32.6 Å². The van der Waals surface area contributed by atoms with Gasteiger partial charge in [0.15, 0.2) is 0 Å². The average Bonchev–Trinajstić information content (AvgIpc) is 2.72. The van der Waals surface area contributed by atoms with Crippen LogP contribution < -0.4 is 4.72 Å². The molecule has 0 aliphatic rings. The van der Waals surface area contributed by atoms with Crippen LogP contribution in [0.4, 0.5) is 5.69 Å². The van der Waals surface area contributed by atoms with Gasteiger partial charge in [0.2, 0.25) is 0 Å². The van der Waals surface area contributed by atoms with E-state index in [0.717, 1.165) is 10.6 Å². The van der Waals surface area contributed by atoms with E-state index in [0.29, 0.717) is 11.3 Å². The number of methoxy groups -OCH3 is 1. The molecule has 31 heavy (non-hydrogen) atoms. The number of aryl methyl sites for hydroxylation is 3. The molecule has 0 aliphatic heterocycles. The molecule has 7 heteroatoms. The molecule has 0 aromatic heterocycles. The number of rotatable bonds is 7. The predicted molar refractivity (Wildman–Crippen MR) is 125 cm³/mol. The van der Waals surface area contributed by atoms with Gasteiger partial charge in [0, 0.05) is 16.3 Å². The first kappa shape index (κ1) is 22.9. The number of sulfonamides is 1. The van der Waals surface area contributed by atoms with E-state index in [1.165, 1.54) is 35.9 Å². The Morgan fingerprint density at radius 3 is 2.19 bits per heavy atom. The van der Waals surface area contributed by atoms with Gasteiger partial charge >= 0.3 is 5.97 Å². The number of nitrogens with one attached hydrogen (secondary N) is 1. The van der Waals surface area contributed by atoms with Crippen molar-refractivity contribution in [2.24, 2.45) is 0 Å². The molecule has 0 amide bonds. The first-order valence-corrected chi connectivity index (χ1v) is 12.2. The lowest BCUT2D eigenvalue weighted by atomic mass is 10.1. The lowest BCUT2D eigenvalue weighted by Crippen LogP contribution is -2.14. The minimum absolute atomic E-state index is 0.00627. The van der Waals surface area contributed by atoms with Crippen molar-refractivity contribution in [3.8, 4) is 0 Å². The van der Waals surface area contributed by atoms with Crippen molar-refractivity contribution in [2.75, 3.05) is 11.8 Å². The highest BCUT2D eigenvalue weighted by Gasteiger charge is 2.18. The second-order valence-electron chi connectivity index (χ2n) is 7.38. The molecule has 0 heterocycles. The van der Waals surface area contributed by atoms with E-state index < -0.39 is 16.0 Å². The Labute approximate surface area is 187 Å². The summed E-state index contributed by atoms with van der Waals surface area (Å²) in [4.78, 5) is 12.9. The van der Waals surface area contributed by atoms with Crippen molar-refractivity contribution in [3.05, 3.63) is 88.5 Å². The molecule has 0 fully saturated rings. The third-order valence-corrected chi connectivity index (χ3v) is 7.18. The van der Waals surface area contributed by atoms with E-state index >= 15 is 0 Å². The molecule has 3 aromatic carbocycles. The Bertz CT molecular complexity index is 1180. The van der Waals surface area contributed by atoms with Gasteiger partial charge in [-0.05, 0) is 68.3 Å². The molecule has 0 spiro atoms. The highest BCUT2D eigenvalue weighted by molar-refractivity contribution is 7.98. The number of hydrogen-bond acceptors (Lipinski definition) is 5. The Morgan fingerprint density at radius 2 is 1.58 bits per heavy atom. The SMILES string of the molecule is COC(=O)c1cc(S(=O)(=O)Nc2ccc(SCc3cc(C)cc(C)c3)cc2)ccc1C. The number of hydrogen-bond donors (Lipinski definition) is 1. The first-order chi connectivity index (χ1) is 14.7. The minimum atomic E-state index is -3.84. The van der Waals surface area contributed by atoms with E-state index in [-0.39, 0.29) is 10.5 Å². The molecule has 0 bridgehead atoms. The van der Waals surface area contributed by atoms with Crippen molar-refractivity contribution < 1.29 is 17.9 Å². The molecule has 5 nitrogen and oxygen atoms in total.